The van der Waals surface area contributed by atoms with Crippen LogP contribution in [0.4, 0.5) is 0 Å². The monoisotopic (exact) mass is 168 g/mol. The molecular formula is C2H5AsO4. The van der Waals surface area contributed by atoms with Gasteiger partial charge < -0.3 is 0 Å². The fraction of sp³-hybridized carbons (Fsp3) is 0.500. The first-order chi connectivity index (χ1) is 3.13. The molecule has 0 amide bonds. The third-order valence-electron chi connectivity index (χ3n) is 0.210. The summed E-state index contributed by atoms with van der Waals surface area (Å²) in [6, 6.07) is 0. The summed E-state index contributed by atoms with van der Waals surface area (Å²) in [5.41, 5.74) is 0. The average molecular weight is 168 g/mol. The normalized spacial score (nSPS) is 9.14. The summed E-state index contributed by atoms with van der Waals surface area (Å²) in [6.45, 7) is 1.12. The van der Waals surface area contributed by atoms with Crippen LogP contribution in [-0.2, 0) is 8.52 Å². The zero-order valence-electron chi connectivity index (χ0n) is 3.66. The Morgan fingerprint density at radius 2 is 2.14 bits per heavy atom. The van der Waals surface area contributed by atoms with Gasteiger partial charge in [0.2, 0.25) is 0 Å². The molecule has 0 radical (unpaired) electrons. The first-order valence-electron chi connectivity index (χ1n) is 1.49. The van der Waals surface area contributed by atoms with Crippen molar-refractivity contribution in [1.29, 1.82) is 0 Å². The SMILES string of the molecule is CC(=O)O[As](O)O. The molecule has 0 atom stereocenters. The van der Waals surface area contributed by atoms with E-state index in [1.807, 2.05) is 0 Å². The van der Waals surface area contributed by atoms with E-state index in [-0.39, 0.29) is 0 Å². The third-order valence-corrected chi connectivity index (χ3v) is 1.09. The summed E-state index contributed by atoms with van der Waals surface area (Å²) in [5.74, 6) is -0.648. The third kappa shape index (κ3) is 5.95. The molecular weight excluding hydrogens is 163 g/mol. The van der Waals surface area contributed by atoms with Crippen molar-refractivity contribution in [3.8, 4) is 0 Å². The van der Waals surface area contributed by atoms with Gasteiger partial charge in [-0.1, -0.05) is 0 Å². The van der Waals surface area contributed by atoms with Crippen LogP contribution in [0.2, 0.25) is 0 Å². The van der Waals surface area contributed by atoms with Gasteiger partial charge in [0.25, 0.3) is 0 Å². The molecule has 4 nitrogen and oxygen atoms in total. The van der Waals surface area contributed by atoms with Crippen molar-refractivity contribution in [3.63, 3.8) is 0 Å². The minimum absolute atomic E-state index is 0.648. The summed E-state index contributed by atoms with van der Waals surface area (Å²) in [4.78, 5) is 9.75. The van der Waals surface area contributed by atoms with E-state index < -0.39 is 21.6 Å². The predicted molar refractivity (Wildman–Crippen MR) is 22.0 cm³/mol. The summed E-state index contributed by atoms with van der Waals surface area (Å²) in [7, 11) is 0. The molecule has 5 heteroatoms. The van der Waals surface area contributed by atoms with E-state index in [0.29, 0.717) is 0 Å². The van der Waals surface area contributed by atoms with Crippen molar-refractivity contribution >= 4 is 21.6 Å². The Balaban J connectivity index is 3.13. The molecule has 0 aromatic rings. The van der Waals surface area contributed by atoms with Crippen molar-refractivity contribution in [2.45, 2.75) is 6.92 Å². The molecule has 7 heavy (non-hydrogen) atoms. The van der Waals surface area contributed by atoms with Crippen LogP contribution < -0.4 is 0 Å². The van der Waals surface area contributed by atoms with Crippen LogP contribution in [0.3, 0.4) is 0 Å². The van der Waals surface area contributed by atoms with Gasteiger partial charge in [0, 0.05) is 0 Å². The molecule has 0 aliphatic heterocycles. The quantitative estimate of drug-likeness (QED) is 0.468. The topological polar surface area (TPSA) is 66.8 Å². The summed E-state index contributed by atoms with van der Waals surface area (Å²) < 4.78 is 19.8. The second-order valence-corrected chi connectivity index (χ2v) is 2.28. The van der Waals surface area contributed by atoms with E-state index in [1.165, 1.54) is 0 Å². The van der Waals surface area contributed by atoms with Crippen molar-refractivity contribution in [1.82, 2.24) is 0 Å². The zero-order chi connectivity index (χ0) is 5.86. The standard InChI is InChI=1S/C2H5AsO4/c1-2(4)7-3(5)6/h5-6H,1H3. The first-order valence-corrected chi connectivity index (χ1v) is 3.94. The molecule has 0 unspecified atom stereocenters. The number of carbonyl (C=O) groups is 1. The molecule has 0 fully saturated rings. The summed E-state index contributed by atoms with van der Waals surface area (Å²) >= 11 is -3.13. The Labute approximate surface area is 46.0 Å². The van der Waals surface area contributed by atoms with Crippen LogP contribution in [-0.4, -0.2) is 29.8 Å². The first kappa shape index (κ1) is 6.95. The molecule has 2 N–H and O–H groups in total. The van der Waals surface area contributed by atoms with E-state index in [9.17, 15) is 4.79 Å². The molecule has 0 rings (SSSR count). The van der Waals surface area contributed by atoms with Gasteiger partial charge in [-0.2, -0.15) is 0 Å². The molecule has 0 aromatic carbocycles. The zero-order valence-corrected chi connectivity index (χ0v) is 5.53. The van der Waals surface area contributed by atoms with Crippen LogP contribution in [0.1, 0.15) is 6.92 Å². The maximum atomic E-state index is 9.75. The van der Waals surface area contributed by atoms with Gasteiger partial charge in [-0.15, -0.1) is 0 Å². The van der Waals surface area contributed by atoms with Crippen LogP contribution in [0.25, 0.3) is 0 Å². The van der Waals surface area contributed by atoms with Crippen LogP contribution in [0.15, 0.2) is 0 Å². The Morgan fingerprint density at radius 3 is 2.14 bits per heavy atom. The van der Waals surface area contributed by atoms with Crippen molar-refractivity contribution < 1.29 is 16.7 Å². The molecule has 0 saturated heterocycles. The van der Waals surface area contributed by atoms with Gasteiger partial charge in [-0.3, -0.25) is 0 Å². The Hall–Kier alpha value is -0.0516. The Bertz CT molecular complexity index is 70.1. The molecule has 0 spiro atoms. The molecule has 0 aliphatic rings. The fourth-order valence-corrected chi connectivity index (χ4v) is 0.597. The second kappa shape index (κ2) is 3.02. The molecule has 0 saturated carbocycles. The van der Waals surface area contributed by atoms with Gasteiger partial charge in [0.15, 0.2) is 0 Å². The van der Waals surface area contributed by atoms with Gasteiger partial charge in [-0.25, -0.2) is 0 Å². The molecule has 42 valence electrons. The van der Waals surface area contributed by atoms with Crippen LogP contribution >= 0.6 is 0 Å². The number of hydrogen-bond acceptors (Lipinski definition) is 4. The number of hydrogen-bond donors (Lipinski definition) is 2. The Kier molecular flexibility index (Phi) is 2.99. The average Bonchev–Trinajstić information content (AvgIpc) is 1.27. The van der Waals surface area contributed by atoms with Gasteiger partial charge in [-0.05, 0) is 0 Å². The predicted octanol–water partition coefficient (Wildman–Crippen LogP) is -1.48. The summed E-state index contributed by atoms with van der Waals surface area (Å²) in [5, 5.41) is 0. The number of carbonyl (C=O) groups excluding carboxylic acids is 1. The van der Waals surface area contributed by atoms with E-state index in [2.05, 4.69) is 3.73 Å². The van der Waals surface area contributed by atoms with E-state index in [0.717, 1.165) is 6.92 Å². The van der Waals surface area contributed by atoms with E-state index in [4.69, 9.17) is 8.19 Å². The Morgan fingerprint density at radius 1 is 1.71 bits per heavy atom. The van der Waals surface area contributed by atoms with E-state index >= 15 is 0 Å². The van der Waals surface area contributed by atoms with Crippen LogP contribution in [0.5, 0.6) is 0 Å². The second-order valence-electron chi connectivity index (χ2n) is 0.836. The summed E-state index contributed by atoms with van der Waals surface area (Å²) in [6.07, 6.45) is 0. The van der Waals surface area contributed by atoms with Crippen molar-refractivity contribution in [3.05, 3.63) is 0 Å². The van der Waals surface area contributed by atoms with Crippen molar-refractivity contribution in [2.24, 2.45) is 0 Å². The maximum absolute atomic E-state index is 9.75. The van der Waals surface area contributed by atoms with E-state index in [1.54, 1.807) is 0 Å². The fourth-order valence-electron chi connectivity index (χ4n) is 0.115. The molecule has 0 aliphatic carbocycles. The van der Waals surface area contributed by atoms with Crippen LogP contribution in [0, 0.1) is 0 Å². The molecule has 0 heterocycles. The van der Waals surface area contributed by atoms with Crippen molar-refractivity contribution in [2.75, 3.05) is 0 Å². The molecule has 0 aromatic heterocycles. The molecule has 0 bridgehead atoms. The van der Waals surface area contributed by atoms with Gasteiger partial charge in [0.1, 0.15) is 0 Å². The minimum atomic E-state index is -3.13. The van der Waals surface area contributed by atoms with Gasteiger partial charge >= 0.3 is 45.3 Å². The van der Waals surface area contributed by atoms with Gasteiger partial charge in [0.05, 0.1) is 0 Å². The number of rotatable bonds is 1.